The average Bonchev–Trinajstić information content (AvgIpc) is 2.14. The first-order valence-electron chi connectivity index (χ1n) is 4.89. The van der Waals surface area contributed by atoms with Crippen LogP contribution in [0.15, 0.2) is 0 Å². The van der Waals surface area contributed by atoms with Crippen LogP contribution in [0.1, 0.15) is 33.1 Å². The fourth-order valence-corrected chi connectivity index (χ4v) is 1.01. The fourth-order valence-electron chi connectivity index (χ4n) is 1.01. The Bertz CT molecular complexity index is 140. The van der Waals surface area contributed by atoms with Gasteiger partial charge in [-0.25, -0.2) is 4.79 Å². The van der Waals surface area contributed by atoms with E-state index in [0.29, 0.717) is 13.0 Å². The molecule has 0 fully saturated rings. The van der Waals surface area contributed by atoms with E-state index in [-0.39, 0.29) is 18.7 Å². The van der Waals surface area contributed by atoms with E-state index in [1.165, 1.54) is 0 Å². The van der Waals surface area contributed by atoms with Crippen molar-refractivity contribution in [1.82, 2.24) is 10.6 Å². The van der Waals surface area contributed by atoms with Gasteiger partial charge in [-0.05, 0) is 19.3 Å². The van der Waals surface area contributed by atoms with Gasteiger partial charge in [-0.15, -0.1) is 0 Å². The molecule has 2 amide bonds. The van der Waals surface area contributed by atoms with Gasteiger partial charge < -0.3 is 15.7 Å². The van der Waals surface area contributed by atoms with E-state index in [9.17, 15) is 4.79 Å². The van der Waals surface area contributed by atoms with Crippen LogP contribution < -0.4 is 10.6 Å². The lowest BCUT2D eigenvalue weighted by molar-refractivity contribution is 0.228. The molecule has 0 aromatic rings. The SMILES string of the molecule is CCCNC(=O)NC(CC)CCO. The van der Waals surface area contributed by atoms with Crippen molar-refractivity contribution < 1.29 is 9.90 Å². The number of hydrogen-bond donors (Lipinski definition) is 3. The van der Waals surface area contributed by atoms with Crippen molar-refractivity contribution in [3.63, 3.8) is 0 Å². The molecule has 78 valence electrons. The molecule has 1 unspecified atom stereocenters. The Labute approximate surface area is 79.7 Å². The Kier molecular flexibility index (Phi) is 7.39. The van der Waals surface area contributed by atoms with Gasteiger partial charge in [0.2, 0.25) is 0 Å². The number of nitrogens with one attached hydrogen (secondary N) is 2. The van der Waals surface area contributed by atoms with Crippen molar-refractivity contribution >= 4 is 6.03 Å². The van der Waals surface area contributed by atoms with Crippen LogP contribution in [0.5, 0.6) is 0 Å². The molecular weight excluding hydrogens is 168 g/mol. The number of carbonyl (C=O) groups is 1. The summed E-state index contributed by atoms with van der Waals surface area (Å²) in [6, 6.07) is -0.0518. The highest BCUT2D eigenvalue weighted by Gasteiger charge is 2.07. The number of rotatable bonds is 6. The smallest absolute Gasteiger partial charge is 0.315 e. The van der Waals surface area contributed by atoms with E-state index in [0.717, 1.165) is 12.8 Å². The molecule has 0 aromatic heterocycles. The molecule has 0 rings (SSSR count). The minimum atomic E-state index is -0.137. The molecule has 13 heavy (non-hydrogen) atoms. The summed E-state index contributed by atoms with van der Waals surface area (Å²) in [5.41, 5.74) is 0. The highest BCUT2D eigenvalue weighted by molar-refractivity contribution is 5.74. The Morgan fingerprint density at radius 2 is 2.15 bits per heavy atom. The fraction of sp³-hybridized carbons (Fsp3) is 0.889. The summed E-state index contributed by atoms with van der Waals surface area (Å²) >= 11 is 0. The Morgan fingerprint density at radius 1 is 1.46 bits per heavy atom. The van der Waals surface area contributed by atoms with Crippen molar-refractivity contribution in [2.24, 2.45) is 0 Å². The van der Waals surface area contributed by atoms with E-state index >= 15 is 0 Å². The van der Waals surface area contributed by atoms with Crippen molar-refractivity contribution in [2.75, 3.05) is 13.2 Å². The van der Waals surface area contributed by atoms with Crippen LogP contribution in [0.2, 0.25) is 0 Å². The predicted octanol–water partition coefficient (Wildman–Crippen LogP) is 0.857. The molecule has 4 nitrogen and oxygen atoms in total. The molecule has 0 saturated heterocycles. The van der Waals surface area contributed by atoms with Gasteiger partial charge in [0.05, 0.1) is 0 Å². The molecule has 0 spiro atoms. The monoisotopic (exact) mass is 188 g/mol. The van der Waals surface area contributed by atoms with E-state index in [1.54, 1.807) is 0 Å². The van der Waals surface area contributed by atoms with Crippen LogP contribution in [-0.4, -0.2) is 30.3 Å². The van der Waals surface area contributed by atoms with Crippen LogP contribution in [0.3, 0.4) is 0 Å². The molecule has 0 bridgehead atoms. The molecule has 0 aliphatic carbocycles. The summed E-state index contributed by atoms with van der Waals surface area (Å²) in [6.45, 7) is 4.81. The van der Waals surface area contributed by atoms with Crippen LogP contribution in [0, 0.1) is 0 Å². The molecular formula is C9H20N2O2. The van der Waals surface area contributed by atoms with Crippen LogP contribution in [-0.2, 0) is 0 Å². The number of hydrogen-bond acceptors (Lipinski definition) is 2. The standard InChI is InChI=1S/C9H20N2O2/c1-3-6-10-9(13)11-8(4-2)5-7-12/h8,12H,3-7H2,1-2H3,(H2,10,11,13). The zero-order valence-corrected chi connectivity index (χ0v) is 8.47. The first kappa shape index (κ1) is 12.2. The maximum Gasteiger partial charge on any atom is 0.315 e. The third kappa shape index (κ3) is 6.40. The normalized spacial score (nSPS) is 12.2. The first-order chi connectivity index (χ1) is 6.24. The summed E-state index contributed by atoms with van der Waals surface area (Å²) in [5.74, 6) is 0. The van der Waals surface area contributed by atoms with Gasteiger partial charge in [0, 0.05) is 19.2 Å². The molecule has 1 atom stereocenters. The number of carbonyl (C=O) groups excluding carboxylic acids is 1. The van der Waals surface area contributed by atoms with Gasteiger partial charge in [-0.3, -0.25) is 0 Å². The second-order valence-corrected chi connectivity index (χ2v) is 3.02. The van der Waals surface area contributed by atoms with Gasteiger partial charge in [-0.1, -0.05) is 13.8 Å². The predicted molar refractivity (Wildman–Crippen MR) is 52.6 cm³/mol. The minimum absolute atomic E-state index is 0.0851. The van der Waals surface area contributed by atoms with Crippen LogP contribution in [0.4, 0.5) is 4.79 Å². The third-order valence-electron chi connectivity index (χ3n) is 1.84. The third-order valence-corrected chi connectivity index (χ3v) is 1.84. The highest BCUT2D eigenvalue weighted by atomic mass is 16.3. The van der Waals surface area contributed by atoms with Gasteiger partial charge >= 0.3 is 6.03 Å². The van der Waals surface area contributed by atoms with Crippen molar-refractivity contribution in [2.45, 2.75) is 39.2 Å². The highest BCUT2D eigenvalue weighted by Crippen LogP contribution is 1.95. The molecule has 0 saturated carbocycles. The minimum Gasteiger partial charge on any atom is -0.396 e. The lowest BCUT2D eigenvalue weighted by atomic mass is 10.2. The zero-order valence-electron chi connectivity index (χ0n) is 8.47. The van der Waals surface area contributed by atoms with E-state index in [4.69, 9.17) is 5.11 Å². The second-order valence-electron chi connectivity index (χ2n) is 3.02. The molecule has 0 heterocycles. The molecule has 3 N–H and O–H groups in total. The Hall–Kier alpha value is -0.770. The van der Waals surface area contributed by atoms with E-state index in [1.807, 2.05) is 13.8 Å². The molecule has 0 aliphatic heterocycles. The molecule has 0 aromatic carbocycles. The molecule has 4 heteroatoms. The van der Waals surface area contributed by atoms with Gasteiger partial charge in [0.15, 0.2) is 0 Å². The lowest BCUT2D eigenvalue weighted by Crippen LogP contribution is -2.42. The Balaban J connectivity index is 3.60. The van der Waals surface area contributed by atoms with E-state index < -0.39 is 0 Å². The van der Waals surface area contributed by atoms with E-state index in [2.05, 4.69) is 10.6 Å². The summed E-state index contributed by atoms with van der Waals surface area (Å²) in [6.07, 6.45) is 2.40. The van der Waals surface area contributed by atoms with Gasteiger partial charge in [-0.2, -0.15) is 0 Å². The number of aliphatic hydroxyl groups is 1. The van der Waals surface area contributed by atoms with Gasteiger partial charge in [0.25, 0.3) is 0 Å². The number of amides is 2. The summed E-state index contributed by atoms with van der Waals surface area (Å²) < 4.78 is 0. The maximum absolute atomic E-state index is 11.1. The summed E-state index contributed by atoms with van der Waals surface area (Å²) in [5, 5.41) is 14.2. The first-order valence-corrected chi connectivity index (χ1v) is 4.89. The maximum atomic E-state index is 11.1. The quantitative estimate of drug-likeness (QED) is 0.579. The second kappa shape index (κ2) is 7.86. The average molecular weight is 188 g/mol. The summed E-state index contributed by atoms with van der Waals surface area (Å²) in [7, 11) is 0. The van der Waals surface area contributed by atoms with Crippen molar-refractivity contribution in [3.05, 3.63) is 0 Å². The molecule has 0 aliphatic rings. The van der Waals surface area contributed by atoms with Crippen LogP contribution in [0.25, 0.3) is 0 Å². The lowest BCUT2D eigenvalue weighted by Gasteiger charge is -2.15. The number of urea groups is 1. The largest absolute Gasteiger partial charge is 0.396 e. The zero-order chi connectivity index (χ0) is 10.1. The number of aliphatic hydroxyl groups excluding tert-OH is 1. The van der Waals surface area contributed by atoms with Crippen molar-refractivity contribution in [1.29, 1.82) is 0 Å². The topological polar surface area (TPSA) is 61.4 Å². The Morgan fingerprint density at radius 3 is 2.62 bits per heavy atom. The van der Waals surface area contributed by atoms with Gasteiger partial charge in [0.1, 0.15) is 0 Å². The summed E-state index contributed by atoms with van der Waals surface area (Å²) in [4.78, 5) is 11.1. The van der Waals surface area contributed by atoms with Crippen LogP contribution >= 0.6 is 0 Å². The molecule has 0 radical (unpaired) electrons. The van der Waals surface area contributed by atoms with Crippen molar-refractivity contribution in [3.8, 4) is 0 Å².